The zero-order valence-corrected chi connectivity index (χ0v) is 18.2. The molecule has 1 aromatic rings. The van der Waals surface area contributed by atoms with E-state index in [1.54, 1.807) is 16.8 Å². The third-order valence-electron chi connectivity index (χ3n) is 3.87. The second kappa shape index (κ2) is 12.8. The molecule has 0 aliphatic rings. The predicted molar refractivity (Wildman–Crippen MR) is 112 cm³/mol. The Morgan fingerprint density at radius 3 is 2.23 bits per heavy atom. The number of hydrogen-bond acceptors (Lipinski definition) is 2. The van der Waals surface area contributed by atoms with Gasteiger partial charge in [0.1, 0.15) is 11.6 Å². The molecule has 1 N–H and O–H groups in total. The summed E-state index contributed by atoms with van der Waals surface area (Å²) in [5.74, 6) is -0.575. The first-order valence-electron chi connectivity index (χ1n) is 8.64. The van der Waals surface area contributed by atoms with E-state index in [0.717, 1.165) is 0 Å². The standard InChI is InChI=1S/C18H28F2N4O.HI/c1-5-21-18(23(4)13-17(25)24(6-2)7-3)22-12-11-14-15(19)9-8-10-16(14)20;/h8-10H,5-7,11-13H2,1-4H3,(H,21,22);1H. The maximum absolute atomic E-state index is 13.7. The molecule has 1 amide bonds. The zero-order valence-electron chi connectivity index (χ0n) is 15.9. The molecule has 0 bridgehead atoms. The largest absolute Gasteiger partial charge is 0.357 e. The second-order valence-corrected chi connectivity index (χ2v) is 5.61. The molecule has 0 aliphatic carbocycles. The predicted octanol–water partition coefficient (Wildman–Crippen LogP) is 2.89. The van der Waals surface area contributed by atoms with E-state index < -0.39 is 11.6 Å². The van der Waals surface area contributed by atoms with Crippen molar-refractivity contribution in [2.75, 3.05) is 39.8 Å². The van der Waals surface area contributed by atoms with Gasteiger partial charge in [0.25, 0.3) is 0 Å². The number of nitrogens with one attached hydrogen (secondary N) is 1. The van der Waals surface area contributed by atoms with Gasteiger partial charge in [-0.1, -0.05) is 6.07 Å². The van der Waals surface area contributed by atoms with Gasteiger partial charge in [0.15, 0.2) is 5.96 Å². The molecule has 5 nitrogen and oxygen atoms in total. The fraction of sp³-hybridized carbons (Fsp3) is 0.556. The summed E-state index contributed by atoms with van der Waals surface area (Å²) in [6, 6.07) is 3.82. The van der Waals surface area contributed by atoms with Crippen LogP contribution in [0.3, 0.4) is 0 Å². The topological polar surface area (TPSA) is 47.9 Å². The molecule has 0 atom stereocenters. The molecule has 0 aromatic heterocycles. The van der Waals surface area contributed by atoms with Crippen LogP contribution in [0.4, 0.5) is 8.78 Å². The van der Waals surface area contributed by atoms with E-state index in [0.29, 0.717) is 25.6 Å². The Labute approximate surface area is 171 Å². The monoisotopic (exact) mass is 482 g/mol. The Hall–Kier alpha value is -1.45. The van der Waals surface area contributed by atoms with Crippen LogP contribution in [0.1, 0.15) is 26.3 Å². The van der Waals surface area contributed by atoms with Crippen LogP contribution in [0.15, 0.2) is 23.2 Å². The molecule has 1 rings (SSSR count). The lowest BCUT2D eigenvalue weighted by atomic mass is 10.1. The number of guanidine groups is 1. The van der Waals surface area contributed by atoms with Gasteiger partial charge in [-0.3, -0.25) is 9.79 Å². The van der Waals surface area contributed by atoms with Crippen molar-refractivity contribution in [3.63, 3.8) is 0 Å². The summed E-state index contributed by atoms with van der Waals surface area (Å²) < 4.78 is 27.3. The molecular formula is C18H29F2IN4O. The summed E-state index contributed by atoms with van der Waals surface area (Å²) in [6.45, 7) is 8.16. The van der Waals surface area contributed by atoms with Gasteiger partial charge in [0.2, 0.25) is 5.91 Å². The van der Waals surface area contributed by atoms with E-state index in [4.69, 9.17) is 0 Å². The van der Waals surface area contributed by atoms with Gasteiger partial charge in [0, 0.05) is 38.8 Å². The first-order chi connectivity index (χ1) is 11.9. The van der Waals surface area contributed by atoms with Crippen LogP contribution < -0.4 is 5.32 Å². The lowest BCUT2D eigenvalue weighted by molar-refractivity contribution is -0.131. The molecule has 0 fully saturated rings. The van der Waals surface area contributed by atoms with Gasteiger partial charge < -0.3 is 15.1 Å². The van der Waals surface area contributed by atoms with Crippen molar-refractivity contribution < 1.29 is 13.6 Å². The van der Waals surface area contributed by atoms with E-state index in [1.165, 1.54) is 18.2 Å². The van der Waals surface area contributed by atoms with Crippen molar-refractivity contribution in [3.8, 4) is 0 Å². The summed E-state index contributed by atoms with van der Waals surface area (Å²) >= 11 is 0. The van der Waals surface area contributed by atoms with E-state index in [-0.39, 0.29) is 55.0 Å². The molecule has 0 saturated heterocycles. The third kappa shape index (κ3) is 7.43. The van der Waals surface area contributed by atoms with Crippen molar-refractivity contribution in [1.82, 2.24) is 15.1 Å². The highest BCUT2D eigenvalue weighted by Crippen LogP contribution is 2.12. The highest BCUT2D eigenvalue weighted by Gasteiger charge is 2.15. The maximum Gasteiger partial charge on any atom is 0.242 e. The van der Waals surface area contributed by atoms with Gasteiger partial charge in [-0.15, -0.1) is 24.0 Å². The highest BCUT2D eigenvalue weighted by atomic mass is 127. The zero-order chi connectivity index (χ0) is 18.8. The SMILES string of the molecule is CCNC(=NCCc1c(F)cccc1F)N(C)CC(=O)N(CC)CC.I. The molecule has 0 spiro atoms. The quantitative estimate of drug-likeness (QED) is 0.352. The lowest BCUT2D eigenvalue weighted by Crippen LogP contribution is -2.45. The summed E-state index contributed by atoms with van der Waals surface area (Å²) in [4.78, 5) is 20.1. The first kappa shape index (κ1) is 24.6. The number of nitrogens with zero attached hydrogens (tertiary/aromatic N) is 3. The summed E-state index contributed by atoms with van der Waals surface area (Å²) in [7, 11) is 1.77. The Kier molecular flexibility index (Phi) is 12.1. The minimum atomic E-state index is -0.565. The summed E-state index contributed by atoms with van der Waals surface area (Å²) in [5.41, 5.74) is 0.0315. The third-order valence-corrected chi connectivity index (χ3v) is 3.87. The average Bonchev–Trinajstić information content (AvgIpc) is 2.57. The fourth-order valence-electron chi connectivity index (χ4n) is 2.47. The van der Waals surface area contributed by atoms with Gasteiger partial charge in [-0.25, -0.2) is 8.78 Å². The lowest BCUT2D eigenvalue weighted by Gasteiger charge is -2.25. The normalized spacial score (nSPS) is 10.9. The molecule has 0 saturated carbocycles. The number of halogens is 3. The van der Waals surface area contributed by atoms with Gasteiger partial charge >= 0.3 is 0 Å². The van der Waals surface area contributed by atoms with E-state index >= 15 is 0 Å². The van der Waals surface area contributed by atoms with Crippen LogP contribution in [-0.4, -0.2) is 61.4 Å². The minimum absolute atomic E-state index is 0. The van der Waals surface area contributed by atoms with E-state index in [2.05, 4.69) is 10.3 Å². The van der Waals surface area contributed by atoms with Crippen LogP contribution in [-0.2, 0) is 11.2 Å². The van der Waals surface area contributed by atoms with E-state index in [1.807, 2.05) is 20.8 Å². The van der Waals surface area contributed by atoms with Crippen molar-refractivity contribution >= 4 is 35.8 Å². The average molecular weight is 482 g/mol. The number of benzene rings is 1. The van der Waals surface area contributed by atoms with Gasteiger partial charge in [-0.2, -0.15) is 0 Å². The number of rotatable bonds is 8. The number of amides is 1. The molecule has 0 unspecified atom stereocenters. The van der Waals surface area contributed by atoms with E-state index in [9.17, 15) is 13.6 Å². The van der Waals surface area contributed by atoms with Crippen LogP contribution in [0.5, 0.6) is 0 Å². The number of carbonyl (C=O) groups excluding carboxylic acids is 1. The number of aliphatic imine (C=N–C) groups is 1. The molecule has 8 heteroatoms. The fourth-order valence-corrected chi connectivity index (χ4v) is 2.47. The number of carbonyl (C=O) groups is 1. The smallest absolute Gasteiger partial charge is 0.242 e. The minimum Gasteiger partial charge on any atom is -0.357 e. The number of hydrogen-bond donors (Lipinski definition) is 1. The molecule has 26 heavy (non-hydrogen) atoms. The molecule has 0 heterocycles. The molecular weight excluding hydrogens is 453 g/mol. The maximum atomic E-state index is 13.7. The van der Waals surface area contributed by atoms with Crippen molar-refractivity contribution in [1.29, 1.82) is 0 Å². The number of likely N-dealkylation sites (N-methyl/N-ethyl adjacent to an activating group) is 2. The van der Waals surface area contributed by atoms with Gasteiger partial charge in [-0.05, 0) is 39.3 Å². The van der Waals surface area contributed by atoms with Crippen LogP contribution in [0.25, 0.3) is 0 Å². The summed E-state index contributed by atoms with van der Waals surface area (Å²) in [6.07, 6.45) is 0.158. The van der Waals surface area contributed by atoms with Gasteiger partial charge in [0.05, 0.1) is 6.54 Å². The van der Waals surface area contributed by atoms with Crippen molar-refractivity contribution in [3.05, 3.63) is 35.4 Å². The molecule has 1 aromatic carbocycles. The second-order valence-electron chi connectivity index (χ2n) is 5.61. The first-order valence-corrected chi connectivity index (χ1v) is 8.64. The highest BCUT2D eigenvalue weighted by molar-refractivity contribution is 14.0. The van der Waals surface area contributed by atoms with Crippen molar-refractivity contribution in [2.45, 2.75) is 27.2 Å². The Morgan fingerprint density at radius 1 is 1.15 bits per heavy atom. The Morgan fingerprint density at radius 2 is 1.73 bits per heavy atom. The molecule has 0 aliphatic heterocycles. The Bertz CT molecular complexity index is 574. The van der Waals surface area contributed by atoms with Crippen LogP contribution >= 0.6 is 24.0 Å². The summed E-state index contributed by atoms with van der Waals surface area (Å²) in [5, 5.41) is 3.10. The molecule has 148 valence electrons. The Balaban J connectivity index is 0.00000625. The van der Waals surface area contributed by atoms with Crippen molar-refractivity contribution in [2.24, 2.45) is 4.99 Å². The van der Waals surface area contributed by atoms with Crippen LogP contribution in [0, 0.1) is 11.6 Å². The molecule has 0 radical (unpaired) electrons. The van der Waals surface area contributed by atoms with Crippen LogP contribution in [0.2, 0.25) is 0 Å².